The highest BCUT2D eigenvalue weighted by atomic mass is 35.5. The topological polar surface area (TPSA) is 21.3 Å². The molecule has 0 saturated carbocycles. The van der Waals surface area contributed by atoms with Crippen LogP contribution in [-0.4, -0.2) is 0 Å². The Balaban J connectivity index is 1.62. The lowest BCUT2D eigenvalue weighted by molar-refractivity contribution is 0.304. The number of ether oxygens (including phenoxy) is 1. The van der Waals surface area contributed by atoms with Crippen LogP contribution in [-0.2, 0) is 13.2 Å². The quantitative estimate of drug-likeness (QED) is 0.300. The van der Waals surface area contributed by atoms with Gasteiger partial charge in [-0.15, -0.1) is 0 Å². The number of fused-ring (bicyclic) bond motifs is 1. The molecule has 0 radical (unpaired) electrons. The zero-order valence-corrected chi connectivity index (χ0v) is 18.8. The average Bonchev–Trinajstić information content (AvgIpc) is 2.72. The number of hydrogen-bond acceptors (Lipinski definition) is 2. The van der Waals surface area contributed by atoms with Crippen LogP contribution >= 0.6 is 46.4 Å². The minimum Gasteiger partial charge on any atom is -0.489 e. The van der Waals surface area contributed by atoms with Crippen LogP contribution in [0.25, 0.3) is 10.8 Å². The van der Waals surface area contributed by atoms with Gasteiger partial charge in [0.1, 0.15) is 12.4 Å². The molecule has 152 valence electrons. The van der Waals surface area contributed by atoms with Crippen molar-refractivity contribution in [3.05, 3.63) is 104 Å². The standard InChI is InChI=1S/C24H17Cl4NO/c25-17-10-18(26)12-19(11-17)29-13-21-20-4-2-1-3-16(20)6-8-24(21)30-14-15-5-7-22(27)23(28)9-15/h1-12,29H,13-14H2. The average molecular weight is 477 g/mol. The second kappa shape index (κ2) is 9.36. The zero-order valence-electron chi connectivity index (χ0n) is 15.8. The molecule has 0 aromatic heterocycles. The summed E-state index contributed by atoms with van der Waals surface area (Å²) < 4.78 is 6.17. The van der Waals surface area contributed by atoms with Gasteiger partial charge in [-0.2, -0.15) is 0 Å². The van der Waals surface area contributed by atoms with Gasteiger partial charge in [-0.1, -0.05) is 82.8 Å². The number of benzene rings is 4. The van der Waals surface area contributed by atoms with Gasteiger partial charge in [0.05, 0.1) is 10.0 Å². The van der Waals surface area contributed by atoms with E-state index in [0.29, 0.717) is 33.2 Å². The number of halogens is 4. The van der Waals surface area contributed by atoms with Crippen LogP contribution in [0, 0.1) is 0 Å². The summed E-state index contributed by atoms with van der Waals surface area (Å²) in [6, 6.07) is 23.1. The molecule has 4 aromatic rings. The summed E-state index contributed by atoms with van der Waals surface area (Å²) in [6.45, 7) is 0.931. The Morgan fingerprint density at radius 1 is 0.733 bits per heavy atom. The Hall–Kier alpha value is -2.10. The van der Waals surface area contributed by atoms with Crippen LogP contribution < -0.4 is 10.1 Å². The van der Waals surface area contributed by atoms with Crippen molar-refractivity contribution in [2.45, 2.75) is 13.2 Å². The van der Waals surface area contributed by atoms with Gasteiger partial charge in [0.2, 0.25) is 0 Å². The molecule has 4 rings (SSSR count). The fourth-order valence-electron chi connectivity index (χ4n) is 3.27. The number of anilines is 1. The Morgan fingerprint density at radius 3 is 2.27 bits per heavy atom. The van der Waals surface area contributed by atoms with Crippen LogP contribution in [0.3, 0.4) is 0 Å². The first kappa shape index (κ1) is 21.1. The lowest BCUT2D eigenvalue weighted by atomic mass is 10.0. The highest BCUT2D eigenvalue weighted by Gasteiger charge is 2.10. The Kier molecular flexibility index (Phi) is 6.60. The first-order chi connectivity index (χ1) is 14.5. The second-order valence-electron chi connectivity index (χ2n) is 6.81. The van der Waals surface area contributed by atoms with E-state index in [-0.39, 0.29) is 0 Å². The molecule has 0 aliphatic rings. The maximum absolute atomic E-state index is 6.17. The number of hydrogen-bond donors (Lipinski definition) is 1. The molecule has 1 N–H and O–H groups in total. The largest absolute Gasteiger partial charge is 0.489 e. The summed E-state index contributed by atoms with van der Waals surface area (Å²) in [5, 5.41) is 7.86. The van der Waals surface area contributed by atoms with E-state index in [2.05, 4.69) is 23.5 Å². The molecular formula is C24H17Cl4NO. The van der Waals surface area contributed by atoms with Gasteiger partial charge in [0.25, 0.3) is 0 Å². The predicted octanol–water partition coefficient (Wildman–Crippen LogP) is 8.64. The van der Waals surface area contributed by atoms with Crippen LogP contribution in [0.1, 0.15) is 11.1 Å². The molecule has 0 amide bonds. The third-order valence-corrected chi connectivity index (χ3v) is 5.88. The highest BCUT2D eigenvalue weighted by Crippen LogP contribution is 2.31. The number of nitrogens with one attached hydrogen (secondary N) is 1. The third kappa shape index (κ3) is 4.96. The Morgan fingerprint density at radius 2 is 1.50 bits per heavy atom. The van der Waals surface area contributed by atoms with Gasteiger partial charge in [0, 0.05) is 27.8 Å². The lowest BCUT2D eigenvalue weighted by Gasteiger charge is -2.16. The molecule has 0 saturated heterocycles. The summed E-state index contributed by atoms with van der Waals surface area (Å²) in [4.78, 5) is 0. The molecule has 30 heavy (non-hydrogen) atoms. The zero-order chi connectivity index (χ0) is 21.1. The van der Waals surface area contributed by atoms with E-state index < -0.39 is 0 Å². The van der Waals surface area contributed by atoms with Crippen molar-refractivity contribution in [2.24, 2.45) is 0 Å². The van der Waals surface area contributed by atoms with E-state index in [1.807, 2.05) is 42.5 Å². The summed E-state index contributed by atoms with van der Waals surface area (Å²) in [6.07, 6.45) is 0. The molecule has 0 aliphatic carbocycles. The van der Waals surface area contributed by atoms with E-state index in [1.165, 1.54) is 0 Å². The minimum atomic E-state index is 0.380. The molecule has 2 nitrogen and oxygen atoms in total. The van der Waals surface area contributed by atoms with Crippen molar-refractivity contribution in [3.8, 4) is 5.75 Å². The van der Waals surface area contributed by atoms with E-state index >= 15 is 0 Å². The predicted molar refractivity (Wildman–Crippen MR) is 129 cm³/mol. The van der Waals surface area contributed by atoms with Gasteiger partial charge in [-0.25, -0.2) is 0 Å². The molecular weight excluding hydrogens is 460 g/mol. The molecule has 0 spiro atoms. The van der Waals surface area contributed by atoms with Gasteiger partial charge in [-0.05, 0) is 52.7 Å². The molecule has 0 atom stereocenters. The van der Waals surface area contributed by atoms with E-state index in [4.69, 9.17) is 51.1 Å². The summed E-state index contributed by atoms with van der Waals surface area (Å²) in [7, 11) is 0. The van der Waals surface area contributed by atoms with Crippen molar-refractivity contribution in [1.29, 1.82) is 0 Å². The SMILES string of the molecule is Clc1cc(Cl)cc(NCc2c(OCc3ccc(Cl)c(Cl)c3)ccc3ccccc23)c1. The molecule has 0 unspecified atom stereocenters. The van der Waals surface area contributed by atoms with E-state index in [9.17, 15) is 0 Å². The summed E-state index contributed by atoms with van der Waals surface area (Å²) >= 11 is 24.4. The minimum absolute atomic E-state index is 0.380. The van der Waals surface area contributed by atoms with Crippen molar-refractivity contribution >= 4 is 62.9 Å². The van der Waals surface area contributed by atoms with Crippen LogP contribution in [0.15, 0.2) is 72.8 Å². The Bertz CT molecular complexity index is 1190. The van der Waals surface area contributed by atoms with Crippen molar-refractivity contribution in [2.75, 3.05) is 5.32 Å². The smallest absolute Gasteiger partial charge is 0.125 e. The monoisotopic (exact) mass is 475 g/mol. The van der Waals surface area contributed by atoms with E-state index in [1.54, 1.807) is 12.1 Å². The van der Waals surface area contributed by atoms with Crippen LogP contribution in [0.2, 0.25) is 20.1 Å². The Labute approximate surface area is 195 Å². The normalized spacial score (nSPS) is 10.9. The molecule has 0 bridgehead atoms. The van der Waals surface area contributed by atoms with Crippen LogP contribution in [0.5, 0.6) is 5.75 Å². The molecule has 4 aromatic carbocycles. The molecule has 0 aliphatic heterocycles. The van der Waals surface area contributed by atoms with Crippen LogP contribution in [0.4, 0.5) is 5.69 Å². The second-order valence-corrected chi connectivity index (χ2v) is 8.50. The van der Waals surface area contributed by atoms with Gasteiger partial charge in [-0.3, -0.25) is 0 Å². The summed E-state index contributed by atoms with van der Waals surface area (Å²) in [5.41, 5.74) is 2.83. The fraction of sp³-hybridized carbons (Fsp3) is 0.0833. The van der Waals surface area contributed by atoms with Crippen molar-refractivity contribution in [1.82, 2.24) is 0 Å². The van der Waals surface area contributed by atoms with Gasteiger partial charge < -0.3 is 10.1 Å². The molecule has 0 fully saturated rings. The molecule has 0 heterocycles. The van der Waals surface area contributed by atoms with Crippen molar-refractivity contribution in [3.63, 3.8) is 0 Å². The van der Waals surface area contributed by atoms with Gasteiger partial charge >= 0.3 is 0 Å². The lowest BCUT2D eigenvalue weighted by Crippen LogP contribution is -2.05. The first-order valence-electron chi connectivity index (χ1n) is 9.27. The summed E-state index contributed by atoms with van der Waals surface area (Å²) in [5.74, 6) is 0.792. The maximum atomic E-state index is 6.17. The highest BCUT2D eigenvalue weighted by molar-refractivity contribution is 6.42. The first-order valence-corrected chi connectivity index (χ1v) is 10.8. The fourth-order valence-corrected chi connectivity index (χ4v) is 4.12. The number of rotatable bonds is 6. The molecule has 6 heteroatoms. The van der Waals surface area contributed by atoms with Gasteiger partial charge in [0.15, 0.2) is 0 Å². The van der Waals surface area contributed by atoms with E-state index in [0.717, 1.165) is 33.3 Å². The maximum Gasteiger partial charge on any atom is 0.125 e. The van der Waals surface area contributed by atoms with Crippen molar-refractivity contribution < 1.29 is 4.74 Å². The third-order valence-electron chi connectivity index (χ3n) is 4.71.